The highest BCUT2D eigenvalue weighted by molar-refractivity contribution is 5.31. The fourth-order valence-electron chi connectivity index (χ4n) is 3.18. The van der Waals surface area contributed by atoms with Crippen molar-refractivity contribution in [2.45, 2.75) is 13.1 Å². The topological polar surface area (TPSA) is 42.3 Å². The van der Waals surface area contributed by atoms with Crippen LogP contribution in [0.25, 0.3) is 0 Å². The van der Waals surface area contributed by atoms with Gasteiger partial charge in [0.25, 0.3) is 0 Å². The minimum Gasteiger partial charge on any atom is -0.311 e. The molecule has 3 rings (SSSR count). The summed E-state index contributed by atoms with van der Waals surface area (Å²) in [6.45, 7) is 8.59. The molecule has 0 atom stereocenters. The van der Waals surface area contributed by atoms with Crippen LogP contribution in [0, 0.1) is 11.3 Å². The van der Waals surface area contributed by atoms with E-state index in [0.717, 1.165) is 57.9 Å². The van der Waals surface area contributed by atoms with Gasteiger partial charge in [-0.1, -0.05) is 42.5 Å². The van der Waals surface area contributed by atoms with Gasteiger partial charge in [0, 0.05) is 52.4 Å². The van der Waals surface area contributed by atoms with E-state index in [4.69, 9.17) is 5.26 Å². The van der Waals surface area contributed by atoms with Crippen LogP contribution in [0.5, 0.6) is 0 Å². The first-order valence-electron chi connectivity index (χ1n) is 9.02. The number of piperazine rings is 1. The van der Waals surface area contributed by atoms with E-state index in [1.165, 1.54) is 11.1 Å². The Bertz CT molecular complexity index is 667. The van der Waals surface area contributed by atoms with Crippen LogP contribution in [0.3, 0.4) is 0 Å². The van der Waals surface area contributed by atoms with Crippen molar-refractivity contribution in [2.75, 3.05) is 39.3 Å². The molecule has 4 nitrogen and oxygen atoms in total. The molecule has 1 N–H and O–H groups in total. The standard InChI is InChI=1S/C21H26N4/c22-16-19-6-8-20(9-7-19)17-23-10-11-24-12-14-25(15-13-24)18-21-4-2-1-3-5-21/h1-9,23H,10-15,17-18H2. The number of hydrogen-bond acceptors (Lipinski definition) is 4. The summed E-state index contributed by atoms with van der Waals surface area (Å²) in [6, 6.07) is 20.7. The van der Waals surface area contributed by atoms with Crippen molar-refractivity contribution in [2.24, 2.45) is 0 Å². The second-order valence-corrected chi connectivity index (χ2v) is 6.59. The number of benzene rings is 2. The minimum atomic E-state index is 0.720. The van der Waals surface area contributed by atoms with Gasteiger partial charge in [-0.15, -0.1) is 0 Å². The number of hydrogen-bond donors (Lipinski definition) is 1. The first kappa shape index (κ1) is 17.6. The highest BCUT2D eigenvalue weighted by atomic mass is 15.3. The molecule has 1 saturated heterocycles. The maximum atomic E-state index is 8.81. The van der Waals surface area contributed by atoms with E-state index in [-0.39, 0.29) is 0 Å². The van der Waals surface area contributed by atoms with Gasteiger partial charge in [0.05, 0.1) is 11.6 Å². The lowest BCUT2D eigenvalue weighted by atomic mass is 10.1. The van der Waals surface area contributed by atoms with Gasteiger partial charge in [0.15, 0.2) is 0 Å². The van der Waals surface area contributed by atoms with Crippen molar-refractivity contribution in [3.63, 3.8) is 0 Å². The normalized spacial score (nSPS) is 15.8. The van der Waals surface area contributed by atoms with Crippen LogP contribution in [0.2, 0.25) is 0 Å². The van der Waals surface area contributed by atoms with Crippen LogP contribution < -0.4 is 5.32 Å². The molecule has 0 unspecified atom stereocenters. The predicted molar refractivity (Wildman–Crippen MR) is 101 cm³/mol. The molecule has 0 aromatic heterocycles. The molecular weight excluding hydrogens is 308 g/mol. The monoisotopic (exact) mass is 334 g/mol. The molecule has 0 radical (unpaired) electrons. The largest absolute Gasteiger partial charge is 0.311 e. The molecule has 0 spiro atoms. The molecule has 0 saturated carbocycles. The number of rotatable bonds is 7. The maximum absolute atomic E-state index is 8.81. The number of nitrogens with one attached hydrogen (secondary N) is 1. The Labute approximate surface area is 150 Å². The fraction of sp³-hybridized carbons (Fsp3) is 0.381. The van der Waals surface area contributed by atoms with E-state index in [9.17, 15) is 0 Å². The van der Waals surface area contributed by atoms with Gasteiger partial charge < -0.3 is 5.32 Å². The summed E-state index contributed by atoms with van der Waals surface area (Å²) in [5, 5.41) is 12.3. The van der Waals surface area contributed by atoms with Crippen LogP contribution in [-0.2, 0) is 13.1 Å². The van der Waals surface area contributed by atoms with Gasteiger partial charge in [-0.2, -0.15) is 5.26 Å². The van der Waals surface area contributed by atoms with Gasteiger partial charge in [-0.05, 0) is 23.3 Å². The summed E-state index contributed by atoms with van der Waals surface area (Å²) in [4.78, 5) is 5.07. The average Bonchev–Trinajstić information content (AvgIpc) is 2.68. The van der Waals surface area contributed by atoms with E-state index in [2.05, 4.69) is 51.5 Å². The Balaban J connectivity index is 1.30. The Kier molecular flexibility index (Phi) is 6.58. The third-order valence-electron chi connectivity index (χ3n) is 4.73. The fourth-order valence-corrected chi connectivity index (χ4v) is 3.18. The second kappa shape index (κ2) is 9.33. The SMILES string of the molecule is N#Cc1ccc(CNCCN2CCN(Cc3ccccc3)CC2)cc1. The van der Waals surface area contributed by atoms with E-state index in [1.807, 2.05) is 24.3 Å². The molecule has 2 aromatic carbocycles. The van der Waals surface area contributed by atoms with E-state index in [1.54, 1.807) is 0 Å². The molecule has 130 valence electrons. The molecule has 0 amide bonds. The Morgan fingerprint density at radius 2 is 1.52 bits per heavy atom. The van der Waals surface area contributed by atoms with Crippen LogP contribution in [0.1, 0.15) is 16.7 Å². The van der Waals surface area contributed by atoms with Crippen molar-refractivity contribution in [1.82, 2.24) is 15.1 Å². The first-order chi connectivity index (χ1) is 12.3. The maximum Gasteiger partial charge on any atom is 0.0991 e. The lowest BCUT2D eigenvalue weighted by Gasteiger charge is -2.34. The minimum absolute atomic E-state index is 0.720. The van der Waals surface area contributed by atoms with Gasteiger partial charge in [-0.3, -0.25) is 9.80 Å². The Morgan fingerprint density at radius 1 is 0.840 bits per heavy atom. The van der Waals surface area contributed by atoms with Crippen LogP contribution >= 0.6 is 0 Å². The smallest absolute Gasteiger partial charge is 0.0991 e. The molecular formula is C21H26N4. The van der Waals surface area contributed by atoms with Crippen molar-refractivity contribution < 1.29 is 0 Å². The summed E-state index contributed by atoms with van der Waals surface area (Å²) in [6.07, 6.45) is 0. The van der Waals surface area contributed by atoms with Crippen molar-refractivity contribution in [3.05, 3.63) is 71.3 Å². The third-order valence-corrected chi connectivity index (χ3v) is 4.73. The van der Waals surface area contributed by atoms with Gasteiger partial charge in [-0.25, -0.2) is 0 Å². The zero-order valence-corrected chi connectivity index (χ0v) is 14.7. The lowest BCUT2D eigenvalue weighted by molar-refractivity contribution is 0.127. The first-order valence-corrected chi connectivity index (χ1v) is 9.02. The summed E-state index contributed by atoms with van der Waals surface area (Å²) >= 11 is 0. The second-order valence-electron chi connectivity index (χ2n) is 6.59. The Morgan fingerprint density at radius 3 is 2.20 bits per heavy atom. The Hall–Kier alpha value is -2.19. The van der Waals surface area contributed by atoms with Crippen molar-refractivity contribution >= 4 is 0 Å². The predicted octanol–water partition coefficient (Wildman–Crippen LogP) is 2.47. The number of nitrogens with zero attached hydrogens (tertiary/aromatic N) is 3. The van der Waals surface area contributed by atoms with Crippen molar-refractivity contribution in [3.8, 4) is 6.07 Å². The summed E-state index contributed by atoms with van der Waals surface area (Å²) in [5.74, 6) is 0. The molecule has 1 heterocycles. The molecule has 1 aliphatic rings. The number of nitriles is 1. The molecule has 1 fully saturated rings. The van der Waals surface area contributed by atoms with E-state index in [0.29, 0.717) is 0 Å². The van der Waals surface area contributed by atoms with Crippen molar-refractivity contribution in [1.29, 1.82) is 5.26 Å². The molecule has 0 aliphatic carbocycles. The zero-order valence-electron chi connectivity index (χ0n) is 14.7. The lowest BCUT2D eigenvalue weighted by Crippen LogP contribution is -2.47. The molecule has 2 aromatic rings. The summed E-state index contributed by atoms with van der Waals surface area (Å²) < 4.78 is 0. The van der Waals surface area contributed by atoms with Gasteiger partial charge in [0.2, 0.25) is 0 Å². The van der Waals surface area contributed by atoms with Crippen LogP contribution in [0.4, 0.5) is 0 Å². The summed E-state index contributed by atoms with van der Waals surface area (Å²) in [5.41, 5.74) is 3.35. The molecule has 25 heavy (non-hydrogen) atoms. The highest BCUT2D eigenvalue weighted by Crippen LogP contribution is 2.08. The molecule has 1 aliphatic heterocycles. The third kappa shape index (κ3) is 5.68. The average molecular weight is 334 g/mol. The molecule has 4 heteroatoms. The van der Waals surface area contributed by atoms with Crippen LogP contribution in [-0.4, -0.2) is 49.1 Å². The quantitative estimate of drug-likeness (QED) is 0.790. The van der Waals surface area contributed by atoms with Gasteiger partial charge >= 0.3 is 0 Å². The van der Waals surface area contributed by atoms with Gasteiger partial charge in [0.1, 0.15) is 0 Å². The highest BCUT2D eigenvalue weighted by Gasteiger charge is 2.16. The zero-order chi connectivity index (χ0) is 17.3. The van der Waals surface area contributed by atoms with Crippen LogP contribution in [0.15, 0.2) is 54.6 Å². The molecule has 0 bridgehead atoms. The van der Waals surface area contributed by atoms with E-state index >= 15 is 0 Å². The van der Waals surface area contributed by atoms with E-state index < -0.39 is 0 Å². The summed E-state index contributed by atoms with van der Waals surface area (Å²) in [7, 11) is 0.